The second-order valence-corrected chi connectivity index (χ2v) is 7.10. The first kappa shape index (κ1) is 22.1. The first-order valence-electron chi connectivity index (χ1n) is 7.39. The van der Waals surface area contributed by atoms with Crippen molar-refractivity contribution in [3.63, 3.8) is 0 Å². The highest BCUT2D eigenvalue weighted by Gasteiger charge is 2.26. The molecule has 0 aliphatic carbocycles. The molecule has 1 heterocycles. The normalized spacial score (nSPS) is 11.7. The van der Waals surface area contributed by atoms with Gasteiger partial charge in [-0.2, -0.15) is 0 Å². The summed E-state index contributed by atoms with van der Waals surface area (Å²) in [6.45, 7) is 9.18. The van der Waals surface area contributed by atoms with Crippen molar-refractivity contribution in [3.05, 3.63) is 15.6 Å². The number of amides is 1. The summed E-state index contributed by atoms with van der Waals surface area (Å²) in [5.74, 6) is 0.700. The average molecular weight is 453 g/mol. The number of thiazole rings is 1. The van der Waals surface area contributed by atoms with Crippen molar-refractivity contribution in [1.82, 2.24) is 20.9 Å². The third-order valence-corrected chi connectivity index (χ3v) is 4.60. The molecule has 0 atom stereocenters. The van der Waals surface area contributed by atoms with Gasteiger partial charge in [-0.05, 0) is 27.7 Å². The molecule has 23 heavy (non-hydrogen) atoms. The van der Waals surface area contributed by atoms with Crippen LogP contribution in [-0.4, -0.2) is 44.0 Å². The van der Waals surface area contributed by atoms with Crippen LogP contribution >= 0.6 is 35.3 Å². The first-order chi connectivity index (χ1) is 10.3. The van der Waals surface area contributed by atoms with Gasteiger partial charge in [0.05, 0.1) is 16.1 Å². The highest BCUT2D eigenvalue weighted by molar-refractivity contribution is 14.0. The molecular formula is C15H28IN5OS. The highest BCUT2D eigenvalue weighted by Crippen LogP contribution is 2.16. The van der Waals surface area contributed by atoms with E-state index in [9.17, 15) is 4.79 Å². The molecule has 0 aliphatic rings. The van der Waals surface area contributed by atoms with Gasteiger partial charge in [0.1, 0.15) is 0 Å². The molecule has 0 unspecified atom stereocenters. The summed E-state index contributed by atoms with van der Waals surface area (Å²) in [7, 11) is 3.37. The zero-order valence-corrected chi connectivity index (χ0v) is 17.9. The van der Waals surface area contributed by atoms with Crippen molar-refractivity contribution in [3.8, 4) is 0 Å². The molecule has 1 amide bonds. The number of aromatic nitrogens is 1. The van der Waals surface area contributed by atoms with E-state index in [1.807, 2.05) is 20.8 Å². The number of hydrogen-bond donors (Lipinski definition) is 3. The zero-order valence-electron chi connectivity index (χ0n) is 14.7. The predicted molar refractivity (Wildman–Crippen MR) is 108 cm³/mol. The Morgan fingerprint density at radius 2 is 1.96 bits per heavy atom. The van der Waals surface area contributed by atoms with Crippen molar-refractivity contribution < 1.29 is 4.79 Å². The quantitative estimate of drug-likeness (QED) is 0.349. The van der Waals surface area contributed by atoms with Crippen molar-refractivity contribution in [2.24, 2.45) is 10.4 Å². The Morgan fingerprint density at radius 1 is 1.30 bits per heavy atom. The van der Waals surface area contributed by atoms with Crippen LogP contribution in [0.25, 0.3) is 0 Å². The second kappa shape index (κ2) is 10.1. The van der Waals surface area contributed by atoms with E-state index < -0.39 is 5.41 Å². The van der Waals surface area contributed by atoms with E-state index in [0.717, 1.165) is 23.7 Å². The maximum absolute atomic E-state index is 11.7. The van der Waals surface area contributed by atoms with Crippen LogP contribution in [0.1, 0.15) is 29.4 Å². The SMILES string of the molecule is CN=C(NCCc1nc(C)c(C)s1)NCC(C)(C)C(=O)NC.I. The summed E-state index contributed by atoms with van der Waals surface area (Å²) in [6.07, 6.45) is 0.860. The molecule has 0 saturated carbocycles. The Labute approximate surface area is 160 Å². The smallest absolute Gasteiger partial charge is 0.227 e. The number of halogens is 1. The lowest BCUT2D eigenvalue weighted by Gasteiger charge is -2.24. The highest BCUT2D eigenvalue weighted by atomic mass is 127. The molecule has 0 aromatic carbocycles. The van der Waals surface area contributed by atoms with Crippen molar-refractivity contribution in [1.29, 1.82) is 0 Å². The summed E-state index contributed by atoms with van der Waals surface area (Å²) in [4.78, 5) is 21.7. The molecule has 0 spiro atoms. The van der Waals surface area contributed by atoms with Crippen LogP contribution in [0, 0.1) is 19.3 Å². The minimum absolute atomic E-state index is 0. The number of hydrogen-bond acceptors (Lipinski definition) is 4. The minimum atomic E-state index is -0.490. The van der Waals surface area contributed by atoms with E-state index in [-0.39, 0.29) is 29.9 Å². The van der Waals surface area contributed by atoms with E-state index in [2.05, 4.69) is 32.9 Å². The second-order valence-electron chi connectivity index (χ2n) is 5.81. The molecule has 0 aliphatic heterocycles. The molecule has 8 heteroatoms. The number of rotatable bonds is 6. The molecular weight excluding hydrogens is 425 g/mol. The molecule has 0 radical (unpaired) electrons. The minimum Gasteiger partial charge on any atom is -0.359 e. The van der Waals surface area contributed by atoms with Gasteiger partial charge in [0.15, 0.2) is 5.96 Å². The third-order valence-electron chi connectivity index (χ3n) is 3.47. The number of guanidine groups is 1. The molecule has 0 fully saturated rings. The fourth-order valence-corrected chi connectivity index (χ4v) is 2.81. The molecule has 6 nitrogen and oxygen atoms in total. The maximum atomic E-state index is 11.7. The summed E-state index contributed by atoms with van der Waals surface area (Å²) < 4.78 is 0. The lowest BCUT2D eigenvalue weighted by Crippen LogP contribution is -2.47. The topological polar surface area (TPSA) is 78.4 Å². The Kier molecular flexibility index (Phi) is 9.67. The average Bonchev–Trinajstić information content (AvgIpc) is 2.80. The molecule has 1 rings (SSSR count). The van der Waals surface area contributed by atoms with E-state index >= 15 is 0 Å². The van der Waals surface area contributed by atoms with Crippen LogP contribution in [-0.2, 0) is 11.2 Å². The van der Waals surface area contributed by atoms with E-state index in [1.54, 1.807) is 25.4 Å². The fourth-order valence-electron chi connectivity index (χ4n) is 1.88. The number of carbonyl (C=O) groups is 1. The fraction of sp³-hybridized carbons (Fsp3) is 0.667. The third kappa shape index (κ3) is 7.03. The molecule has 1 aromatic rings. The number of aryl methyl sites for hydroxylation is 2. The lowest BCUT2D eigenvalue weighted by atomic mass is 9.92. The Bertz CT molecular complexity index is 522. The van der Waals surface area contributed by atoms with E-state index in [0.29, 0.717) is 12.5 Å². The van der Waals surface area contributed by atoms with Crippen molar-refractivity contribution in [2.45, 2.75) is 34.1 Å². The van der Waals surface area contributed by atoms with Gasteiger partial charge in [-0.3, -0.25) is 9.79 Å². The van der Waals surface area contributed by atoms with Crippen LogP contribution in [0.3, 0.4) is 0 Å². The van der Waals surface area contributed by atoms with Gasteiger partial charge < -0.3 is 16.0 Å². The van der Waals surface area contributed by atoms with Gasteiger partial charge in [0.25, 0.3) is 0 Å². The summed E-state index contributed by atoms with van der Waals surface area (Å²) in [5.41, 5.74) is 0.616. The number of carbonyl (C=O) groups excluding carboxylic acids is 1. The molecule has 3 N–H and O–H groups in total. The van der Waals surface area contributed by atoms with Gasteiger partial charge >= 0.3 is 0 Å². The largest absolute Gasteiger partial charge is 0.359 e. The number of nitrogens with one attached hydrogen (secondary N) is 3. The van der Waals surface area contributed by atoms with E-state index in [4.69, 9.17) is 0 Å². The van der Waals surface area contributed by atoms with Gasteiger partial charge in [-0.1, -0.05) is 0 Å². The first-order valence-corrected chi connectivity index (χ1v) is 8.21. The maximum Gasteiger partial charge on any atom is 0.227 e. The van der Waals surface area contributed by atoms with Crippen LogP contribution in [0.15, 0.2) is 4.99 Å². The Morgan fingerprint density at radius 3 is 2.43 bits per heavy atom. The van der Waals surface area contributed by atoms with Gasteiger partial charge in [-0.15, -0.1) is 35.3 Å². The molecule has 1 aromatic heterocycles. The molecule has 132 valence electrons. The Balaban J connectivity index is 0.00000484. The van der Waals surface area contributed by atoms with Crippen molar-refractivity contribution in [2.75, 3.05) is 27.2 Å². The predicted octanol–water partition coefficient (Wildman–Crippen LogP) is 1.86. The summed E-state index contributed by atoms with van der Waals surface area (Å²) in [6, 6.07) is 0. The van der Waals surface area contributed by atoms with Crippen LogP contribution < -0.4 is 16.0 Å². The van der Waals surface area contributed by atoms with Gasteiger partial charge in [0.2, 0.25) is 5.91 Å². The van der Waals surface area contributed by atoms with Crippen LogP contribution in [0.5, 0.6) is 0 Å². The van der Waals surface area contributed by atoms with Gasteiger partial charge in [0, 0.05) is 38.5 Å². The van der Waals surface area contributed by atoms with Crippen molar-refractivity contribution >= 4 is 47.2 Å². The number of aliphatic imine (C=N–C) groups is 1. The Hall–Kier alpha value is -0.900. The molecule has 0 saturated heterocycles. The summed E-state index contributed by atoms with van der Waals surface area (Å²) >= 11 is 1.73. The zero-order chi connectivity index (χ0) is 16.8. The number of nitrogens with zero attached hydrogens (tertiary/aromatic N) is 2. The standard InChI is InChI=1S/C15H27N5OS.HI/c1-10-11(2)22-12(20-10)7-8-18-14(17-6)19-9-15(3,4)13(21)16-5;/h7-9H2,1-6H3,(H,16,21)(H2,17,18,19);1H. The monoisotopic (exact) mass is 453 g/mol. The van der Waals surface area contributed by atoms with Gasteiger partial charge in [-0.25, -0.2) is 4.98 Å². The molecule has 0 bridgehead atoms. The summed E-state index contributed by atoms with van der Waals surface area (Å²) in [5, 5.41) is 10.2. The van der Waals surface area contributed by atoms with E-state index in [1.165, 1.54) is 4.88 Å². The lowest BCUT2D eigenvalue weighted by molar-refractivity contribution is -0.128. The van der Waals surface area contributed by atoms with Crippen LogP contribution in [0.4, 0.5) is 0 Å². The van der Waals surface area contributed by atoms with Crippen LogP contribution in [0.2, 0.25) is 0 Å².